The zero-order valence-corrected chi connectivity index (χ0v) is 14.6. The van der Waals surface area contributed by atoms with Crippen molar-refractivity contribution in [1.29, 1.82) is 0 Å². The summed E-state index contributed by atoms with van der Waals surface area (Å²) in [6, 6.07) is 18.1. The zero-order valence-electron chi connectivity index (χ0n) is 14.6. The lowest BCUT2D eigenvalue weighted by Crippen LogP contribution is -1.87. The molecule has 0 spiro atoms. The largest absolute Gasteiger partial charge is 0.269 e. The molecule has 0 aliphatic heterocycles. The number of rotatable bonds is 6. The lowest BCUT2D eigenvalue weighted by atomic mass is 10.1. The fraction of sp³-hybridized carbons (Fsp3) is 0. The minimum Gasteiger partial charge on any atom is -0.258 e. The summed E-state index contributed by atoms with van der Waals surface area (Å²) in [5.74, 6) is 0. The van der Waals surface area contributed by atoms with Crippen LogP contribution in [-0.4, -0.2) is 14.8 Å². The molecular weight excluding hydrogens is 358 g/mol. The highest BCUT2D eigenvalue weighted by atomic mass is 16.6. The average Bonchev–Trinajstić information content (AvgIpc) is 2.71. The second-order valence-electron chi connectivity index (χ2n) is 5.85. The van der Waals surface area contributed by atoms with Gasteiger partial charge in [0.1, 0.15) is 0 Å². The third-order valence-electron chi connectivity index (χ3n) is 3.89. The fourth-order valence-electron chi connectivity index (χ4n) is 2.43. The van der Waals surface area contributed by atoms with Gasteiger partial charge in [-0.15, -0.1) is 0 Å². The molecule has 1 heterocycles. The summed E-state index contributed by atoms with van der Waals surface area (Å²) in [5, 5.41) is 21.4. The number of hydrogen-bond acceptors (Lipinski definition) is 5. The van der Waals surface area contributed by atoms with Gasteiger partial charge in [-0.3, -0.25) is 20.2 Å². The van der Waals surface area contributed by atoms with Crippen LogP contribution in [0.4, 0.5) is 11.4 Å². The molecule has 0 unspecified atom stereocenters. The maximum atomic E-state index is 10.7. The Bertz CT molecular complexity index is 973. The van der Waals surface area contributed by atoms with E-state index in [1.54, 1.807) is 24.3 Å². The number of hydrogen-bond donors (Lipinski definition) is 0. The van der Waals surface area contributed by atoms with Crippen molar-refractivity contribution in [3.8, 4) is 0 Å². The molecule has 0 aliphatic carbocycles. The topological polar surface area (TPSA) is 99.2 Å². The maximum absolute atomic E-state index is 10.7. The van der Waals surface area contributed by atoms with Gasteiger partial charge in [-0.25, -0.2) is 4.98 Å². The van der Waals surface area contributed by atoms with Gasteiger partial charge in [0.2, 0.25) is 0 Å². The van der Waals surface area contributed by atoms with Crippen molar-refractivity contribution < 1.29 is 9.85 Å². The molecule has 1 aromatic heterocycles. The summed E-state index contributed by atoms with van der Waals surface area (Å²) in [6.07, 6.45) is 7.31. The van der Waals surface area contributed by atoms with E-state index in [-0.39, 0.29) is 11.4 Å². The molecule has 3 rings (SSSR count). The van der Waals surface area contributed by atoms with E-state index >= 15 is 0 Å². The Balaban J connectivity index is 1.71. The van der Waals surface area contributed by atoms with Crippen molar-refractivity contribution in [2.24, 2.45) is 0 Å². The van der Waals surface area contributed by atoms with Gasteiger partial charge in [-0.1, -0.05) is 18.2 Å². The Hall–Kier alpha value is -4.13. The normalized spacial score (nSPS) is 11.1. The molecule has 0 N–H and O–H groups in total. The van der Waals surface area contributed by atoms with E-state index in [0.29, 0.717) is 0 Å². The molecule has 0 fully saturated rings. The molecule has 7 nitrogen and oxygen atoms in total. The minimum absolute atomic E-state index is 0.0497. The molecule has 138 valence electrons. The first-order valence-corrected chi connectivity index (χ1v) is 8.33. The van der Waals surface area contributed by atoms with Crippen molar-refractivity contribution in [3.63, 3.8) is 0 Å². The molecule has 0 saturated carbocycles. The SMILES string of the molecule is O=[N+]([O-])c1ccc(/C=C/c2cccc(/C=C/c3ccc([N+](=O)[O-])cc3)n2)cc1. The van der Waals surface area contributed by atoms with E-state index in [9.17, 15) is 20.2 Å². The van der Waals surface area contributed by atoms with Crippen LogP contribution in [0.3, 0.4) is 0 Å². The predicted molar refractivity (Wildman–Crippen MR) is 108 cm³/mol. The second-order valence-corrected chi connectivity index (χ2v) is 5.85. The molecule has 0 radical (unpaired) electrons. The van der Waals surface area contributed by atoms with Crippen LogP contribution in [0, 0.1) is 20.2 Å². The Kier molecular flexibility index (Phi) is 5.66. The van der Waals surface area contributed by atoms with Crippen LogP contribution in [-0.2, 0) is 0 Å². The molecule has 0 amide bonds. The van der Waals surface area contributed by atoms with Crippen molar-refractivity contribution in [2.45, 2.75) is 0 Å². The van der Waals surface area contributed by atoms with Gasteiger partial charge in [0.15, 0.2) is 0 Å². The molecule has 0 atom stereocenters. The third kappa shape index (κ3) is 4.95. The summed E-state index contributed by atoms with van der Waals surface area (Å²) in [6.45, 7) is 0. The number of nitro groups is 2. The van der Waals surface area contributed by atoms with Crippen LogP contribution in [0.15, 0.2) is 66.7 Å². The number of aromatic nitrogens is 1. The number of non-ortho nitro benzene ring substituents is 2. The molecule has 3 aromatic rings. The lowest BCUT2D eigenvalue weighted by molar-refractivity contribution is -0.385. The summed E-state index contributed by atoms with van der Waals surface area (Å²) < 4.78 is 0. The Morgan fingerprint density at radius 1 is 0.607 bits per heavy atom. The fourth-order valence-corrected chi connectivity index (χ4v) is 2.43. The van der Waals surface area contributed by atoms with Crippen LogP contribution in [0.2, 0.25) is 0 Å². The van der Waals surface area contributed by atoms with E-state index in [4.69, 9.17) is 0 Å². The Morgan fingerprint density at radius 3 is 1.36 bits per heavy atom. The molecule has 0 aliphatic rings. The van der Waals surface area contributed by atoms with Gasteiger partial charge in [0.05, 0.1) is 21.2 Å². The zero-order chi connectivity index (χ0) is 19.9. The number of nitro benzene ring substituents is 2. The molecular formula is C21H15N3O4. The number of benzene rings is 2. The van der Waals surface area contributed by atoms with Gasteiger partial charge < -0.3 is 0 Å². The molecule has 0 bridgehead atoms. The minimum atomic E-state index is -0.435. The van der Waals surface area contributed by atoms with E-state index in [1.165, 1.54) is 24.3 Å². The van der Waals surface area contributed by atoms with E-state index < -0.39 is 9.85 Å². The lowest BCUT2D eigenvalue weighted by Gasteiger charge is -1.98. The quantitative estimate of drug-likeness (QED) is 0.434. The van der Waals surface area contributed by atoms with Gasteiger partial charge in [0, 0.05) is 24.3 Å². The van der Waals surface area contributed by atoms with Crippen molar-refractivity contribution in [2.75, 3.05) is 0 Å². The van der Waals surface area contributed by atoms with Gasteiger partial charge in [-0.05, 0) is 59.7 Å². The third-order valence-corrected chi connectivity index (χ3v) is 3.89. The first kappa shape index (κ1) is 18.7. The van der Waals surface area contributed by atoms with Crippen LogP contribution in [0.5, 0.6) is 0 Å². The average molecular weight is 373 g/mol. The van der Waals surface area contributed by atoms with E-state index in [1.807, 2.05) is 42.5 Å². The van der Waals surface area contributed by atoms with E-state index in [0.717, 1.165) is 22.5 Å². The van der Waals surface area contributed by atoms with Gasteiger partial charge in [-0.2, -0.15) is 0 Å². The number of pyridine rings is 1. The molecule has 0 saturated heterocycles. The van der Waals surface area contributed by atoms with Crippen molar-refractivity contribution in [1.82, 2.24) is 4.98 Å². The molecule has 2 aromatic carbocycles. The molecule has 7 heteroatoms. The second kappa shape index (κ2) is 8.50. The highest BCUT2D eigenvalue weighted by molar-refractivity contribution is 5.71. The van der Waals surface area contributed by atoms with E-state index in [2.05, 4.69) is 4.98 Å². The first-order chi connectivity index (χ1) is 13.5. The highest BCUT2D eigenvalue weighted by Gasteiger charge is 2.03. The van der Waals surface area contributed by atoms with Crippen LogP contribution < -0.4 is 0 Å². The van der Waals surface area contributed by atoms with Crippen LogP contribution in [0.1, 0.15) is 22.5 Å². The predicted octanol–water partition coefficient (Wildman–Crippen LogP) is 5.24. The number of nitrogens with zero attached hydrogens (tertiary/aromatic N) is 3. The maximum Gasteiger partial charge on any atom is 0.269 e. The summed E-state index contributed by atoms with van der Waals surface area (Å²) >= 11 is 0. The highest BCUT2D eigenvalue weighted by Crippen LogP contribution is 2.16. The Labute approximate surface area is 160 Å². The Morgan fingerprint density at radius 2 is 1.00 bits per heavy atom. The summed E-state index contributed by atoms with van der Waals surface area (Å²) in [4.78, 5) is 25.0. The van der Waals surface area contributed by atoms with Crippen LogP contribution in [0.25, 0.3) is 24.3 Å². The van der Waals surface area contributed by atoms with Crippen molar-refractivity contribution >= 4 is 35.7 Å². The molecule has 28 heavy (non-hydrogen) atoms. The van der Waals surface area contributed by atoms with Crippen LogP contribution >= 0.6 is 0 Å². The monoisotopic (exact) mass is 373 g/mol. The van der Waals surface area contributed by atoms with Gasteiger partial charge in [0.25, 0.3) is 11.4 Å². The summed E-state index contributed by atoms with van der Waals surface area (Å²) in [7, 11) is 0. The smallest absolute Gasteiger partial charge is 0.258 e. The van der Waals surface area contributed by atoms with Gasteiger partial charge >= 0.3 is 0 Å². The summed E-state index contributed by atoms with van der Waals surface area (Å²) in [5.41, 5.74) is 3.24. The first-order valence-electron chi connectivity index (χ1n) is 8.33. The standard InChI is InChI=1S/C21H15N3O4/c25-23(26)20-12-6-16(7-13-20)4-10-18-2-1-3-19(22-18)11-5-17-8-14-21(15-9-17)24(27)28/h1-15H/b10-4+,11-5+. The van der Waals surface area contributed by atoms with Crippen molar-refractivity contribution in [3.05, 3.63) is 109 Å².